The number of ether oxygens (including phenoxy) is 1. The van der Waals surface area contributed by atoms with Crippen LogP contribution in [0.4, 0.5) is 14.5 Å². The second kappa shape index (κ2) is 8.87. The molecule has 28 heavy (non-hydrogen) atoms. The van der Waals surface area contributed by atoms with Crippen molar-refractivity contribution in [2.24, 2.45) is 0 Å². The van der Waals surface area contributed by atoms with Crippen LogP contribution >= 0.6 is 11.8 Å². The molecule has 0 saturated heterocycles. The molecule has 2 heterocycles. The molecule has 3 aromatic rings. The van der Waals surface area contributed by atoms with E-state index in [-0.39, 0.29) is 23.1 Å². The first kappa shape index (κ1) is 19.9. The number of nitrogens with one attached hydrogen (secondary N) is 1. The second-order valence-corrected chi connectivity index (χ2v) is 6.59. The van der Waals surface area contributed by atoms with Crippen LogP contribution in [0.1, 0.15) is 12.7 Å². The predicted molar refractivity (Wildman–Crippen MR) is 101 cm³/mol. The normalized spacial score (nSPS) is 11.0. The van der Waals surface area contributed by atoms with Crippen molar-refractivity contribution >= 4 is 23.4 Å². The Morgan fingerprint density at radius 3 is 2.79 bits per heavy atom. The van der Waals surface area contributed by atoms with Crippen molar-refractivity contribution in [3.05, 3.63) is 42.4 Å². The summed E-state index contributed by atoms with van der Waals surface area (Å²) in [4.78, 5) is 12.3. The predicted octanol–water partition coefficient (Wildman–Crippen LogP) is 4.20. The molecule has 1 aromatic carbocycles. The number of carbonyl (C=O) groups is 1. The third kappa shape index (κ3) is 4.50. The highest BCUT2D eigenvalue weighted by Gasteiger charge is 2.18. The van der Waals surface area contributed by atoms with E-state index < -0.39 is 6.61 Å². The Morgan fingerprint density at radius 1 is 1.32 bits per heavy atom. The van der Waals surface area contributed by atoms with Crippen LogP contribution in [-0.2, 0) is 11.3 Å². The number of thioether (sulfide) groups is 1. The third-order valence-corrected chi connectivity index (χ3v) is 4.81. The lowest BCUT2D eigenvalue weighted by Crippen LogP contribution is -2.16. The molecule has 3 rings (SSSR count). The van der Waals surface area contributed by atoms with Crippen molar-refractivity contribution < 1.29 is 22.7 Å². The number of carbonyl (C=O) groups excluding carboxylic acids is 1. The van der Waals surface area contributed by atoms with Gasteiger partial charge < -0.3 is 19.0 Å². The smallest absolute Gasteiger partial charge is 0.387 e. The molecule has 10 heteroatoms. The van der Waals surface area contributed by atoms with Gasteiger partial charge in [0, 0.05) is 6.54 Å². The van der Waals surface area contributed by atoms with Gasteiger partial charge in [-0.15, -0.1) is 10.2 Å². The van der Waals surface area contributed by atoms with Crippen LogP contribution in [0, 0.1) is 6.92 Å². The molecule has 0 radical (unpaired) electrons. The fourth-order valence-electron chi connectivity index (χ4n) is 2.58. The lowest BCUT2D eigenvalue weighted by Gasteiger charge is -2.11. The van der Waals surface area contributed by atoms with Crippen LogP contribution in [0.5, 0.6) is 5.75 Å². The van der Waals surface area contributed by atoms with Gasteiger partial charge >= 0.3 is 6.61 Å². The van der Waals surface area contributed by atoms with E-state index in [4.69, 9.17) is 4.42 Å². The molecule has 0 bridgehead atoms. The van der Waals surface area contributed by atoms with Crippen LogP contribution in [0.3, 0.4) is 0 Å². The Kier molecular flexibility index (Phi) is 6.30. The Balaban J connectivity index is 1.68. The molecule has 0 aliphatic carbocycles. The maximum absolute atomic E-state index is 12.5. The zero-order valence-corrected chi connectivity index (χ0v) is 16.0. The van der Waals surface area contributed by atoms with Gasteiger partial charge in [-0.2, -0.15) is 8.78 Å². The van der Waals surface area contributed by atoms with E-state index in [0.717, 1.165) is 11.3 Å². The quantitative estimate of drug-likeness (QED) is 0.563. The minimum absolute atomic E-state index is 0.0332. The van der Waals surface area contributed by atoms with Gasteiger partial charge in [0.2, 0.25) is 5.91 Å². The van der Waals surface area contributed by atoms with E-state index >= 15 is 0 Å². The molecule has 0 aliphatic rings. The number of nitrogens with zero attached hydrogens (tertiary/aromatic N) is 3. The average Bonchev–Trinajstić information content (AvgIpc) is 3.26. The van der Waals surface area contributed by atoms with Gasteiger partial charge in [0.05, 0.1) is 23.3 Å². The Bertz CT molecular complexity index is 958. The highest BCUT2D eigenvalue weighted by Crippen LogP contribution is 2.28. The number of aryl methyl sites for hydroxylation is 1. The van der Waals surface area contributed by atoms with Gasteiger partial charge in [-0.3, -0.25) is 4.79 Å². The summed E-state index contributed by atoms with van der Waals surface area (Å²) in [5.41, 5.74) is 1.02. The third-order valence-electron chi connectivity index (χ3n) is 3.84. The maximum atomic E-state index is 12.5. The number of aromatic nitrogens is 3. The number of hydrogen-bond acceptors (Lipinski definition) is 6. The number of halogens is 2. The van der Waals surface area contributed by atoms with Gasteiger partial charge in [-0.1, -0.05) is 23.9 Å². The summed E-state index contributed by atoms with van der Waals surface area (Å²) in [5, 5.41) is 11.5. The van der Waals surface area contributed by atoms with E-state index in [1.54, 1.807) is 18.4 Å². The number of para-hydroxylation sites is 2. The van der Waals surface area contributed by atoms with Crippen molar-refractivity contribution in [2.45, 2.75) is 32.2 Å². The molecule has 0 atom stereocenters. The highest BCUT2D eigenvalue weighted by molar-refractivity contribution is 7.99. The standard InChI is InChI=1S/C18H18F2N4O3S/c1-3-24-16(12-8-9-26-11(12)2)22-23-18(24)28-10-15(25)21-13-6-4-5-7-14(13)27-17(19)20/h4-9,17H,3,10H2,1-2H3,(H,21,25). The minimum Gasteiger partial charge on any atom is -0.469 e. The first-order valence-electron chi connectivity index (χ1n) is 8.43. The highest BCUT2D eigenvalue weighted by atomic mass is 32.2. The minimum atomic E-state index is -2.97. The summed E-state index contributed by atoms with van der Waals surface area (Å²) in [6, 6.07) is 7.84. The Labute approximate surface area is 164 Å². The molecule has 0 fully saturated rings. The fraction of sp³-hybridized carbons (Fsp3) is 0.278. The Hall–Kier alpha value is -2.88. The first-order valence-corrected chi connectivity index (χ1v) is 9.42. The summed E-state index contributed by atoms with van der Waals surface area (Å²) in [6.45, 7) is 1.43. The van der Waals surface area contributed by atoms with Crippen molar-refractivity contribution in [2.75, 3.05) is 11.1 Å². The summed E-state index contributed by atoms with van der Waals surface area (Å²) in [6.07, 6.45) is 1.58. The molecule has 1 amide bonds. The molecular weight excluding hydrogens is 390 g/mol. The van der Waals surface area contributed by atoms with E-state index in [1.165, 1.54) is 23.9 Å². The number of furan rings is 1. The number of anilines is 1. The van der Waals surface area contributed by atoms with Gasteiger partial charge in [-0.25, -0.2) is 0 Å². The number of amides is 1. The van der Waals surface area contributed by atoms with Crippen LogP contribution in [0.15, 0.2) is 46.2 Å². The molecule has 0 saturated carbocycles. The number of hydrogen-bond donors (Lipinski definition) is 1. The van der Waals surface area contributed by atoms with Crippen molar-refractivity contribution in [1.29, 1.82) is 0 Å². The topological polar surface area (TPSA) is 82.2 Å². The van der Waals surface area contributed by atoms with Gasteiger partial charge in [-0.05, 0) is 32.0 Å². The van der Waals surface area contributed by atoms with Crippen molar-refractivity contribution in [3.63, 3.8) is 0 Å². The van der Waals surface area contributed by atoms with Crippen molar-refractivity contribution in [1.82, 2.24) is 14.8 Å². The summed E-state index contributed by atoms with van der Waals surface area (Å²) < 4.78 is 36.6. The largest absolute Gasteiger partial charge is 0.469 e. The zero-order chi connectivity index (χ0) is 20.1. The molecule has 148 valence electrons. The molecule has 1 N–H and O–H groups in total. The van der Waals surface area contributed by atoms with E-state index in [9.17, 15) is 13.6 Å². The van der Waals surface area contributed by atoms with Crippen LogP contribution in [-0.4, -0.2) is 33.0 Å². The first-order chi connectivity index (χ1) is 13.5. The number of rotatable bonds is 8. The lowest BCUT2D eigenvalue weighted by molar-refractivity contribution is -0.113. The van der Waals surface area contributed by atoms with E-state index in [2.05, 4.69) is 20.3 Å². The molecule has 0 unspecified atom stereocenters. The van der Waals surface area contributed by atoms with E-state index in [0.29, 0.717) is 17.5 Å². The maximum Gasteiger partial charge on any atom is 0.387 e. The average molecular weight is 408 g/mol. The summed E-state index contributed by atoms with van der Waals surface area (Å²) in [7, 11) is 0. The monoisotopic (exact) mass is 408 g/mol. The summed E-state index contributed by atoms with van der Waals surface area (Å²) in [5.74, 6) is 0.956. The van der Waals surface area contributed by atoms with Gasteiger partial charge in [0.1, 0.15) is 11.5 Å². The van der Waals surface area contributed by atoms with Gasteiger partial charge in [0.25, 0.3) is 0 Å². The molecule has 0 spiro atoms. The number of benzene rings is 1. The molecule has 7 nitrogen and oxygen atoms in total. The SMILES string of the molecule is CCn1c(SCC(=O)Nc2ccccc2OC(F)F)nnc1-c1ccoc1C. The van der Waals surface area contributed by atoms with Crippen LogP contribution in [0.25, 0.3) is 11.4 Å². The lowest BCUT2D eigenvalue weighted by atomic mass is 10.2. The Morgan fingerprint density at radius 2 is 2.11 bits per heavy atom. The molecule has 2 aromatic heterocycles. The van der Waals surface area contributed by atoms with Gasteiger partial charge in [0.15, 0.2) is 11.0 Å². The van der Waals surface area contributed by atoms with Crippen LogP contribution in [0.2, 0.25) is 0 Å². The zero-order valence-electron chi connectivity index (χ0n) is 15.2. The summed E-state index contributed by atoms with van der Waals surface area (Å²) >= 11 is 1.20. The second-order valence-electron chi connectivity index (χ2n) is 5.65. The van der Waals surface area contributed by atoms with Crippen LogP contribution < -0.4 is 10.1 Å². The molecule has 0 aliphatic heterocycles. The molecular formula is C18H18F2N4O3S. The fourth-order valence-corrected chi connectivity index (χ4v) is 3.38. The van der Waals surface area contributed by atoms with Crippen molar-refractivity contribution in [3.8, 4) is 17.1 Å². The van der Waals surface area contributed by atoms with E-state index in [1.807, 2.05) is 24.5 Å². The number of alkyl halides is 2.